The van der Waals surface area contributed by atoms with Crippen LogP contribution in [0.2, 0.25) is 0 Å². The summed E-state index contributed by atoms with van der Waals surface area (Å²) < 4.78 is 4.70. The average molecular weight is 315 g/mol. The Morgan fingerprint density at radius 3 is 2.96 bits per heavy atom. The topological polar surface area (TPSA) is 89.0 Å². The Bertz CT molecular complexity index is 648. The Balaban J connectivity index is 2.01. The molecule has 0 aliphatic heterocycles. The van der Waals surface area contributed by atoms with Crippen molar-refractivity contribution in [3.8, 4) is 0 Å². The molecule has 7 nitrogen and oxygen atoms in total. The molecule has 0 saturated carbocycles. The molecular formula is C16H21N5O2. The van der Waals surface area contributed by atoms with Crippen LogP contribution < -0.4 is 10.6 Å². The maximum Gasteiger partial charge on any atom is 0.337 e. The van der Waals surface area contributed by atoms with Gasteiger partial charge in [-0.1, -0.05) is 25.8 Å². The van der Waals surface area contributed by atoms with Crippen molar-refractivity contribution in [2.75, 3.05) is 24.3 Å². The fourth-order valence-corrected chi connectivity index (χ4v) is 2.00. The molecule has 2 N–H and O–H groups in total. The maximum absolute atomic E-state index is 11.5. The number of nitrogens with zero attached hydrogens (tertiary/aromatic N) is 3. The van der Waals surface area contributed by atoms with E-state index in [4.69, 9.17) is 4.74 Å². The quantitative estimate of drug-likeness (QED) is 0.571. The van der Waals surface area contributed by atoms with Crippen molar-refractivity contribution >= 4 is 23.4 Å². The van der Waals surface area contributed by atoms with Crippen molar-refractivity contribution in [1.82, 2.24) is 15.2 Å². The van der Waals surface area contributed by atoms with Gasteiger partial charge in [-0.3, -0.25) is 0 Å². The second-order valence-corrected chi connectivity index (χ2v) is 5.00. The van der Waals surface area contributed by atoms with Crippen molar-refractivity contribution in [3.63, 3.8) is 0 Å². The number of benzene rings is 1. The molecule has 1 heterocycles. The van der Waals surface area contributed by atoms with E-state index in [9.17, 15) is 4.79 Å². The summed E-state index contributed by atoms with van der Waals surface area (Å²) in [5, 5.41) is 14.1. The number of hydrogen-bond donors (Lipinski definition) is 2. The van der Waals surface area contributed by atoms with Crippen LogP contribution in [0.3, 0.4) is 0 Å². The molecule has 0 radical (unpaired) electrons. The number of nitrogens with one attached hydrogen (secondary N) is 2. The summed E-state index contributed by atoms with van der Waals surface area (Å²) in [6.45, 7) is 3.01. The molecule has 23 heavy (non-hydrogen) atoms. The molecule has 0 saturated heterocycles. The molecule has 2 rings (SSSR count). The van der Waals surface area contributed by atoms with E-state index in [1.165, 1.54) is 20.0 Å². The standard InChI is InChI=1S/C16H21N5O2/c1-3-4-5-9-17-14-11-18-21-16(20-14)19-13-8-6-7-12(10-13)15(22)23-2/h6-8,10-11H,3-5,9H2,1-2H3,(H2,17,19,20,21). The van der Waals surface area contributed by atoms with Crippen molar-refractivity contribution in [2.24, 2.45) is 0 Å². The second kappa shape index (κ2) is 8.67. The first-order valence-electron chi connectivity index (χ1n) is 7.62. The Labute approximate surface area is 135 Å². The number of carbonyl (C=O) groups is 1. The maximum atomic E-state index is 11.5. The molecule has 0 spiro atoms. The van der Waals surface area contributed by atoms with Gasteiger partial charge in [0.1, 0.15) is 0 Å². The molecular weight excluding hydrogens is 294 g/mol. The summed E-state index contributed by atoms with van der Waals surface area (Å²) in [6, 6.07) is 6.93. The van der Waals surface area contributed by atoms with E-state index in [0.29, 0.717) is 23.0 Å². The highest BCUT2D eigenvalue weighted by Gasteiger charge is 2.07. The van der Waals surface area contributed by atoms with Gasteiger partial charge in [-0.05, 0) is 24.6 Å². The number of aromatic nitrogens is 3. The van der Waals surface area contributed by atoms with Crippen molar-refractivity contribution in [1.29, 1.82) is 0 Å². The van der Waals surface area contributed by atoms with Gasteiger partial charge in [0.15, 0.2) is 5.82 Å². The Morgan fingerprint density at radius 1 is 1.30 bits per heavy atom. The van der Waals surface area contributed by atoms with Gasteiger partial charge in [0.05, 0.1) is 18.9 Å². The number of methoxy groups -OCH3 is 1. The lowest BCUT2D eigenvalue weighted by atomic mass is 10.2. The number of carbonyl (C=O) groups excluding carboxylic acids is 1. The third-order valence-corrected chi connectivity index (χ3v) is 3.19. The van der Waals surface area contributed by atoms with Crippen LogP contribution in [0.1, 0.15) is 36.5 Å². The minimum atomic E-state index is -0.390. The number of esters is 1. The van der Waals surface area contributed by atoms with Crippen molar-refractivity contribution in [3.05, 3.63) is 36.0 Å². The van der Waals surface area contributed by atoms with E-state index < -0.39 is 0 Å². The second-order valence-electron chi connectivity index (χ2n) is 5.00. The molecule has 7 heteroatoms. The zero-order valence-corrected chi connectivity index (χ0v) is 13.4. The van der Waals surface area contributed by atoms with Crippen LogP contribution in [0.25, 0.3) is 0 Å². The third-order valence-electron chi connectivity index (χ3n) is 3.19. The van der Waals surface area contributed by atoms with Gasteiger partial charge < -0.3 is 15.4 Å². The smallest absolute Gasteiger partial charge is 0.337 e. The van der Waals surface area contributed by atoms with Gasteiger partial charge in [-0.25, -0.2) is 4.79 Å². The highest BCUT2D eigenvalue weighted by atomic mass is 16.5. The van der Waals surface area contributed by atoms with Gasteiger partial charge in [0.2, 0.25) is 5.95 Å². The Kier molecular flexibility index (Phi) is 6.28. The summed E-state index contributed by atoms with van der Waals surface area (Å²) in [4.78, 5) is 15.9. The summed E-state index contributed by atoms with van der Waals surface area (Å²) >= 11 is 0. The van der Waals surface area contributed by atoms with Crippen LogP contribution in [-0.4, -0.2) is 34.8 Å². The van der Waals surface area contributed by atoms with Crippen LogP contribution in [0.15, 0.2) is 30.5 Å². The Hall–Kier alpha value is -2.70. The van der Waals surface area contributed by atoms with E-state index in [-0.39, 0.29) is 5.97 Å². The van der Waals surface area contributed by atoms with E-state index in [1.54, 1.807) is 24.4 Å². The first-order chi connectivity index (χ1) is 11.2. The van der Waals surface area contributed by atoms with Gasteiger partial charge in [0.25, 0.3) is 0 Å². The summed E-state index contributed by atoms with van der Waals surface area (Å²) in [7, 11) is 1.35. The molecule has 0 bridgehead atoms. The van der Waals surface area contributed by atoms with Gasteiger partial charge in [-0.2, -0.15) is 10.1 Å². The first kappa shape index (κ1) is 16.7. The van der Waals surface area contributed by atoms with E-state index in [2.05, 4.69) is 32.7 Å². The summed E-state index contributed by atoms with van der Waals surface area (Å²) in [6.07, 6.45) is 5.02. The molecule has 0 amide bonds. The lowest BCUT2D eigenvalue weighted by Gasteiger charge is -2.08. The molecule has 1 aromatic carbocycles. The van der Waals surface area contributed by atoms with E-state index in [1.807, 2.05) is 6.07 Å². The number of rotatable bonds is 8. The highest BCUT2D eigenvalue weighted by molar-refractivity contribution is 5.90. The predicted molar refractivity (Wildman–Crippen MR) is 88.9 cm³/mol. The number of anilines is 3. The minimum Gasteiger partial charge on any atom is -0.465 e. The Morgan fingerprint density at radius 2 is 2.17 bits per heavy atom. The molecule has 1 aromatic heterocycles. The molecule has 0 aliphatic carbocycles. The predicted octanol–water partition coefficient (Wildman–Crippen LogP) is 3.00. The van der Waals surface area contributed by atoms with Gasteiger partial charge >= 0.3 is 5.97 Å². The average Bonchev–Trinajstić information content (AvgIpc) is 2.58. The molecule has 0 aliphatic rings. The van der Waals surface area contributed by atoms with Crippen LogP contribution in [0, 0.1) is 0 Å². The molecule has 2 aromatic rings. The lowest BCUT2D eigenvalue weighted by molar-refractivity contribution is 0.0601. The molecule has 0 fully saturated rings. The van der Waals surface area contributed by atoms with E-state index >= 15 is 0 Å². The molecule has 0 unspecified atom stereocenters. The van der Waals surface area contributed by atoms with Crippen LogP contribution in [-0.2, 0) is 4.74 Å². The SMILES string of the molecule is CCCCCNc1cnnc(Nc2cccc(C(=O)OC)c2)n1. The van der Waals surface area contributed by atoms with Gasteiger partial charge in [0, 0.05) is 12.2 Å². The van der Waals surface area contributed by atoms with Crippen LogP contribution >= 0.6 is 0 Å². The highest BCUT2D eigenvalue weighted by Crippen LogP contribution is 2.16. The number of hydrogen-bond acceptors (Lipinski definition) is 7. The zero-order chi connectivity index (χ0) is 16.5. The largest absolute Gasteiger partial charge is 0.465 e. The normalized spacial score (nSPS) is 10.2. The van der Waals surface area contributed by atoms with Crippen LogP contribution in [0.5, 0.6) is 0 Å². The first-order valence-corrected chi connectivity index (χ1v) is 7.62. The summed E-state index contributed by atoms with van der Waals surface area (Å²) in [5.74, 6) is 0.647. The number of unbranched alkanes of at least 4 members (excludes halogenated alkanes) is 2. The number of ether oxygens (including phenoxy) is 1. The van der Waals surface area contributed by atoms with Crippen molar-refractivity contribution < 1.29 is 9.53 Å². The monoisotopic (exact) mass is 315 g/mol. The molecule has 122 valence electrons. The fraction of sp³-hybridized carbons (Fsp3) is 0.375. The van der Waals surface area contributed by atoms with Crippen LogP contribution in [0.4, 0.5) is 17.5 Å². The fourth-order valence-electron chi connectivity index (χ4n) is 2.00. The van der Waals surface area contributed by atoms with Crippen molar-refractivity contribution in [2.45, 2.75) is 26.2 Å². The van der Waals surface area contributed by atoms with E-state index in [0.717, 1.165) is 13.0 Å². The molecule has 0 atom stereocenters. The lowest BCUT2D eigenvalue weighted by Crippen LogP contribution is -2.07. The minimum absolute atomic E-state index is 0.368. The summed E-state index contributed by atoms with van der Waals surface area (Å²) in [5.41, 5.74) is 1.15. The van der Waals surface area contributed by atoms with Gasteiger partial charge in [-0.15, -0.1) is 5.10 Å². The zero-order valence-electron chi connectivity index (χ0n) is 13.4. The third kappa shape index (κ3) is 5.21.